The van der Waals surface area contributed by atoms with Gasteiger partial charge in [-0.15, -0.1) is 0 Å². The molecule has 0 aromatic heterocycles. The normalized spacial score (nSPS) is 9.80. The molecule has 1 rings (SSSR count). The van der Waals surface area contributed by atoms with Gasteiger partial charge in [0.15, 0.2) is 0 Å². The molecule has 10 heavy (non-hydrogen) atoms. The number of phenolic OH excluding ortho intramolecular Hbond substituents is 2. The summed E-state index contributed by atoms with van der Waals surface area (Å²) in [7, 11) is 0. The van der Waals surface area contributed by atoms with Crippen LogP contribution in [0.1, 0.15) is 5.56 Å². The summed E-state index contributed by atoms with van der Waals surface area (Å²) in [5.74, 6) is 0.333. The first-order valence-corrected chi connectivity index (χ1v) is 3.59. The quantitative estimate of drug-likeness (QED) is 0.634. The van der Waals surface area contributed by atoms with E-state index in [-0.39, 0.29) is 11.5 Å². The Morgan fingerprint density at radius 1 is 1.20 bits per heavy atom. The molecule has 1 aromatic carbocycles. The minimum Gasteiger partial charge on any atom is -0.508 e. The molecule has 0 radical (unpaired) electrons. The number of halogens is 1. The van der Waals surface area contributed by atoms with Crippen LogP contribution >= 0.6 is 15.9 Å². The Kier molecular flexibility index (Phi) is 1.85. The summed E-state index contributed by atoms with van der Waals surface area (Å²) in [6.07, 6.45) is 0. The Morgan fingerprint density at radius 3 is 2.20 bits per heavy atom. The topological polar surface area (TPSA) is 40.5 Å². The number of hydrogen-bond acceptors (Lipinski definition) is 2. The van der Waals surface area contributed by atoms with Gasteiger partial charge in [0, 0.05) is 5.56 Å². The van der Waals surface area contributed by atoms with E-state index in [1.165, 1.54) is 12.1 Å². The number of aromatic hydroxyl groups is 2. The molecule has 2 N–H and O–H groups in total. The second kappa shape index (κ2) is 2.50. The largest absolute Gasteiger partial charge is 0.508 e. The second-order valence-corrected chi connectivity index (χ2v) is 2.84. The first kappa shape index (κ1) is 7.41. The molecule has 1 aromatic rings. The van der Waals surface area contributed by atoms with Gasteiger partial charge in [0.05, 0.1) is 4.47 Å². The summed E-state index contributed by atoms with van der Waals surface area (Å²) in [6.45, 7) is 1.72. The smallest absolute Gasteiger partial charge is 0.130 e. The molecule has 0 saturated heterocycles. The molecule has 0 unspecified atom stereocenters. The highest BCUT2D eigenvalue weighted by atomic mass is 79.9. The van der Waals surface area contributed by atoms with Gasteiger partial charge in [-0.1, -0.05) is 0 Å². The van der Waals surface area contributed by atoms with Gasteiger partial charge in [-0.3, -0.25) is 0 Å². The highest BCUT2D eigenvalue weighted by molar-refractivity contribution is 9.10. The number of phenols is 2. The van der Waals surface area contributed by atoms with Crippen molar-refractivity contribution in [2.45, 2.75) is 6.92 Å². The van der Waals surface area contributed by atoms with E-state index in [2.05, 4.69) is 15.9 Å². The molecule has 0 saturated carbocycles. The van der Waals surface area contributed by atoms with Crippen molar-refractivity contribution >= 4 is 15.9 Å². The van der Waals surface area contributed by atoms with Crippen LogP contribution in [-0.4, -0.2) is 10.2 Å². The maximum Gasteiger partial charge on any atom is 0.130 e. The Morgan fingerprint density at radius 2 is 1.70 bits per heavy atom. The van der Waals surface area contributed by atoms with Gasteiger partial charge >= 0.3 is 0 Å². The van der Waals surface area contributed by atoms with Crippen molar-refractivity contribution in [3.63, 3.8) is 0 Å². The molecule has 3 heteroatoms. The first-order chi connectivity index (χ1) is 4.63. The zero-order valence-electron chi connectivity index (χ0n) is 5.43. The van der Waals surface area contributed by atoms with Crippen molar-refractivity contribution in [2.75, 3.05) is 0 Å². The van der Waals surface area contributed by atoms with Crippen molar-refractivity contribution in [1.82, 2.24) is 0 Å². The van der Waals surface area contributed by atoms with E-state index in [0.29, 0.717) is 10.0 Å². The summed E-state index contributed by atoms with van der Waals surface area (Å²) in [5.41, 5.74) is 0.653. The summed E-state index contributed by atoms with van der Waals surface area (Å²) in [4.78, 5) is 0. The zero-order chi connectivity index (χ0) is 7.72. The highest BCUT2D eigenvalue weighted by Gasteiger charge is 2.03. The van der Waals surface area contributed by atoms with E-state index in [1.54, 1.807) is 6.92 Å². The van der Waals surface area contributed by atoms with Crippen LogP contribution in [0.2, 0.25) is 0 Å². The molecule has 0 fully saturated rings. The lowest BCUT2D eigenvalue weighted by atomic mass is 10.2. The van der Waals surface area contributed by atoms with Crippen molar-refractivity contribution < 1.29 is 10.2 Å². The predicted molar refractivity (Wildman–Crippen MR) is 42.2 cm³/mol. The molecule has 2 nitrogen and oxygen atoms in total. The predicted octanol–water partition coefficient (Wildman–Crippen LogP) is 2.17. The standard InChI is InChI=1S/C7H7BrO2/c1-4-5(9)2-3-6(10)7(4)8/h2-3,9-10H,1H3. The molecule has 0 aliphatic carbocycles. The van der Waals surface area contributed by atoms with E-state index in [0.717, 1.165) is 0 Å². The molecule has 0 heterocycles. The van der Waals surface area contributed by atoms with Crippen molar-refractivity contribution in [2.24, 2.45) is 0 Å². The van der Waals surface area contributed by atoms with E-state index in [4.69, 9.17) is 10.2 Å². The Bertz CT molecular complexity index is 231. The van der Waals surface area contributed by atoms with E-state index in [9.17, 15) is 0 Å². The minimum atomic E-state index is 0.148. The summed E-state index contributed by atoms with van der Waals surface area (Å²) in [5, 5.41) is 18.1. The van der Waals surface area contributed by atoms with Gasteiger partial charge in [0.2, 0.25) is 0 Å². The third-order valence-corrected chi connectivity index (χ3v) is 2.34. The van der Waals surface area contributed by atoms with Crippen molar-refractivity contribution in [3.05, 3.63) is 22.2 Å². The number of benzene rings is 1. The Labute approximate surface area is 67.3 Å². The fourth-order valence-corrected chi connectivity index (χ4v) is 0.996. The molecule has 0 amide bonds. The van der Waals surface area contributed by atoms with E-state index >= 15 is 0 Å². The van der Waals surface area contributed by atoms with Crippen LogP contribution in [0.3, 0.4) is 0 Å². The molecule has 0 atom stereocenters. The van der Waals surface area contributed by atoms with Crippen LogP contribution in [0.4, 0.5) is 0 Å². The Hall–Kier alpha value is -0.700. The van der Waals surface area contributed by atoms with E-state index in [1.807, 2.05) is 0 Å². The fourth-order valence-electron chi connectivity index (χ4n) is 0.661. The third-order valence-electron chi connectivity index (χ3n) is 1.34. The van der Waals surface area contributed by atoms with E-state index < -0.39 is 0 Å². The lowest BCUT2D eigenvalue weighted by Crippen LogP contribution is -1.76. The highest BCUT2D eigenvalue weighted by Crippen LogP contribution is 2.32. The van der Waals surface area contributed by atoms with Crippen molar-refractivity contribution in [3.8, 4) is 11.5 Å². The molecule has 0 aliphatic rings. The minimum absolute atomic E-state index is 0.148. The maximum atomic E-state index is 9.08. The SMILES string of the molecule is Cc1c(O)ccc(O)c1Br. The van der Waals surface area contributed by atoms with Gasteiger partial charge in [-0.05, 0) is 35.0 Å². The van der Waals surface area contributed by atoms with Crippen LogP contribution in [0, 0.1) is 6.92 Å². The molecular formula is C7H7BrO2. The van der Waals surface area contributed by atoms with Crippen LogP contribution in [0.25, 0.3) is 0 Å². The van der Waals surface area contributed by atoms with Gasteiger partial charge in [-0.2, -0.15) is 0 Å². The average molecular weight is 203 g/mol. The average Bonchev–Trinajstić information content (AvgIpc) is 1.93. The van der Waals surface area contributed by atoms with Gasteiger partial charge < -0.3 is 10.2 Å². The summed E-state index contributed by atoms with van der Waals surface area (Å²) in [6, 6.07) is 2.89. The summed E-state index contributed by atoms with van der Waals surface area (Å²) >= 11 is 3.12. The van der Waals surface area contributed by atoms with Crippen molar-refractivity contribution in [1.29, 1.82) is 0 Å². The van der Waals surface area contributed by atoms with Crippen LogP contribution in [0.15, 0.2) is 16.6 Å². The zero-order valence-corrected chi connectivity index (χ0v) is 7.01. The molecule has 0 spiro atoms. The fraction of sp³-hybridized carbons (Fsp3) is 0.143. The first-order valence-electron chi connectivity index (χ1n) is 2.80. The molecule has 0 aliphatic heterocycles. The second-order valence-electron chi connectivity index (χ2n) is 2.04. The number of rotatable bonds is 0. The molecular weight excluding hydrogens is 196 g/mol. The van der Waals surface area contributed by atoms with Gasteiger partial charge in [-0.25, -0.2) is 0 Å². The molecule has 0 bridgehead atoms. The number of hydrogen-bond donors (Lipinski definition) is 2. The monoisotopic (exact) mass is 202 g/mol. The lowest BCUT2D eigenvalue weighted by molar-refractivity contribution is 0.454. The molecule has 54 valence electrons. The van der Waals surface area contributed by atoms with Gasteiger partial charge in [0.25, 0.3) is 0 Å². The summed E-state index contributed by atoms with van der Waals surface area (Å²) < 4.78 is 0.549. The lowest BCUT2D eigenvalue weighted by Gasteiger charge is -2.01. The van der Waals surface area contributed by atoms with Crippen LogP contribution in [-0.2, 0) is 0 Å². The van der Waals surface area contributed by atoms with Crippen LogP contribution < -0.4 is 0 Å². The third kappa shape index (κ3) is 1.09. The Balaban J connectivity index is 3.34. The maximum absolute atomic E-state index is 9.08. The van der Waals surface area contributed by atoms with Gasteiger partial charge in [0.1, 0.15) is 11.5 Å². The van der Waals surface area contributed by atoms with Crippen LogP contribution in [0.5, 0.6) is 11.5 Å².